The number of hydrogen-bond acceptors (Lipinski definition) is 0. The highest BCUT2D eigenvalue weighted by Crippen LogP contribution is 2.39. The molecule has 0 saturated carbocycles. The molecule has 2 nitrogen and oxygen atoms in total. The number of hydrogen-bond donors (Lipinski definition) is 0. The fourth-order valence-corrected chi connectivity index (χ4v) is 17.1. The van der Waals surface area contributed by atoms with Gasteiger partial charge < -0.3 is 9.13 Å². The standard InChI is InChI=1S/C62H48N2P2Si/c1-67(2,53-35-39-61-57(43-53)55-41-51(33-37-59(55)63(61)45-21-9-3-10-22-45)65(47-25-13-5-14-26-47)48-27-15-6-16-28-48)54-36-40-62-58(44-54)56-42-52(34-38-60(56)64(62)46-23-11-4-12-24-46)66(49-29-17-7-18-30-49)50-31-19-8-20-32-50/h3-44H,1-2H3. The van der Waals surface area contributed by atoms with Gasteiger partial charge in [0.2, 0.25) is 0 Å². The van der Waals surface area contributed by atoms with E-state index >= 15 is 0 Å². The van der Waals surface area contributed by atoms with Crippen LogP contribution in [0.1, 0.15) is 0 Å². The highest BCUT2D eigenvalue weighted by atomic mass is 31.1. The predicted molar refractivity (Wildman–Crippen MR) is 296 cm³/mol. The van der Waals surface area contributed by atoms with Gasteiger partial charge in [-0.05, 0) is 108 Å². The smallest absolute Gasteiger partial charge is 0.112 e. The molecule has 0 aliphatic heterocycles. The van der Waals surface area contributed by atoms with Gasteiger partial charge in [0.1, 0.15) is 8.07 Å². The second-order valence-corrected chi connectivity index (χ2v) is 26.7. The van der Waals surface area contributed by atoms with Crippen LogP contribution in [0, 0.1) is 0 Å². The average molecular weight is 911 g/mol. The van der Waals surface area contributed by atoms with Gasteiger partial charge in [-0.1, -0.05) is 218 Å². The van der Waals surface area contributed by atoms with Crippen molar-refractivity contribution in [3.63, 3.8) is 0 Å². The third kappa shape index (κ3) is 7.36. The number of nitrogens with zero attached hydrogens (tertiary/aromatic N) is 2. The van der Waals surface area contributed by atoms with Crippen molar-refractivity contribution in [1.82, 2.24) is 9.13 Å². The summed E-state index contributed by atoms with van der Waals surface area (Å²) in [6.07, 6.45) is 0. The largest absolute Gasteiger partial charge is 0.309 e. The first-order valence-electron chi connectivity index (χ1n) is 23.1. The van der Waals surface area contributed by atoms with Crippen LogP contribution in [0.4, 0.5) is 0 Å². The lowest BCUT2D eigenvalue weighted by Crippen LogP contribution is -2.52. The second kappa shape index (κ2) is 17.3. The van der Waals surface area contributed by atoms with Crippen LogP contribution < -0.4 is 42.2 Å². The fourth-order valence-electron chi connectivity index (χ4n) is 10.2. The lowest BCUT2D eigenvalue weighted by Gasteiger charge is -2.24. The predicted octanol–water partition coefficient (Wildman–Crippen LogP) is 12.2. The number of aromatic nitrogens is 2. The Bertz CT molecular complexity index is 3380. The molecule has 67 heavy (non-hydrogen) atoms. The van der Waals surface area contributed by atoms with Gasteiger partial charge in [0.15, 0.2) is 0 Å². The van der Waals surface area contributed by atoms with E-state index in [1.165, 1.54) is 97.2 Å². The summed E-state index contributed by atoms with van der Waals surface area (Å²) in [4.78, 5) is 0. The molecule has 320 valence electrons. The van der Waals surface area contributed by atoms with Crippen molar-refractivity contribution in [3.8, 4) is 11.4 Å². The van der Waals surface area contributed by atoms with Gasteiger partial charge in [0, 0.05) is 32.9 Å². The highest BCUT2D eigenvalue weighted by molar-refractivity contribution is 7.80. The zero-order valence-electron chi connectivity index (χ0n) is 37.5. The Morgan fingerprint density at radius 3 is 0.851 bits per heavy atom. The zero-order chi connectivity index (χ0) is 44.9. The van der Waals surface area contributed by atoms with Crippen molar-refractivity contribution >= 4 is 110 Å². The van der Waals surface area contributed by atoms with Crippen molar-refractivity contribution < 1.29 is 0 Å². The van der Waals surface area contributed by atoms with Gasteiger partial charge in [0.05, 0.1) is 22.1 Å². The summed E-state index contributed by atoms with van der Waals surface area (Å²) in [6, 6.07) is 95.2. The molecule has 0 aliphatic rings. The van der Waals surface area contributed by atoms with Crippen LogP contribution in [0.5, 0.6) is 0 Å². The minimum atomic E-state index is -2.30. The van der Waals surface area contributed by atoms with E-state index in [4.69, 9.17) is 0 Å². The molecule has 12 rings (SSSR count). The lowest BCUT2D eigenvalue weighted by molar-refractivity contribution is 1.18. The summed E-state index contributed by atoms with van der Waals surface area (Å²) in [6.45, 7) is 5.07. The van der Waals surface area contributed by atoms with Crippen LogP contribution in [0.25, 0.3) is 55.0 Å². The molecule has 0 atom stereocenters. The van der Waals surface area contributed by atoms with Crippen LogP contribution in [-0.4, -0.2) is 17.2 Å². The molecule has 0 saturated heterocycles. The van der Waals surface area contributed by atoms with Crippen LogP contribution in [0.15, 0.2) is 255 Å². The lowest BCUT2D eigenvalue weighted by atomic mass is 10.1. The molecule has 0 unspecified atom stereocenters. The molecule has 0 radical (unpaired) electrons. The highest BCUT2D eigenvalue weighted by Gasteiger charge is 2.29. The Labute approximate surface area is 396 Å². The zero-order valence-corrected chi connectivity index (χ0v) is 40.3. The monoisotopic (exact) mass is 910 g/mol. The van der Waals surface area contributed by atoms with Gasteiger partial charge in [-0.2, -0.15) is 0 Å². The number of para-hydroxylation sites is 2. The topological polar surface area (TPSA) is 9.86 Å². The molecule has 2 aromatic heterocycles. The van der Waals surface area contributed by atoms with E-state index in [9.17, 15) is 0 Å². The first-order chi connectivity index (χ1) is 33.0. The Morgan fingerprint density at radius 2 is 0.537 bits per heavy atom. The Morgan fingerprint density at radius 1 is 0.269 bits per heavy atom. The maximum absolute atomic E-state index is 2.54. The number of fused-ring (bicyclic) bond motifs is 6. The molecule has 0 aliphatic carbocycles. The normalized spacial score (nSPS) is 12.0. The quantitative estimate of drug-likeness (QED) is 0.0956. The van der Waals surface area contributed by atoms with Crippen LogP contribution in [-0.2, 0) is 0 Å². The van der Waals surface area contributed by atoms with Crippen molar-refractivity contribution in [2.24, 2.45) is 0 Å². The first kappa shape index (κ1) is 41.3. The van der Waals surface area contributed by atoms with Crippen molar-refractivity contribution in [2.75, 3.05) is 0 Å². The van der Waals surface area contributed by atoms with Gasteiger partial charge >= 0.3 is 0 Å². The number of rotatable bonds is 10. The summed E-state index contributed by atoms with van der Waals surface area (Å²) in [5.41, 5.74) is 7.28. The molecular weight excluding hydrogens is 863 g/mol. The van der Waals surface area contributed by atoms with Crippen molar-refractivity contribution in [2.45, 2.75) is 13.1 Å². The van der Waals surface area contributed by atoms with Gasteiger partial charge in [-0.25, -0.2) is 0 Å². The van der Waals surface area contributed by atoms with Crippen molar-refractivity contribution in [1.29, 1.82) is 0 Å². The van der Waals surface area contributed by atoms with Gasteiger partial charge in [0.25, 0.3) is 0 Å². The summed E-state index contributed by atoms with van der Waals surface area (Å²) in [5, 5.41) is 16.2. The third-order valence-electron chi connectivity index (χ3n) is 13.5. The summed E-state index contributed by atoms with van der Waals surface area (Å²) >= 11 is 0. The maximum atomic E-state index is 2.54. The van der Waals surface area contributed by atoms with Gasteiger partial charge in [-0.3, -0.25) is 0 Å². The Kier molecular flexibility index (Phi) is 10.6. The SMILES string of the molecule is C[Si](C)(c1ccc2c(c1)c1cc(P(c3ccccc3)c3ccccc3)ccc1n2-c1ccccc1)c1ccc2c(c1)c1cc(P(c3ccccc3)c3ccccc3)ccc1n2-c1ccccc1. The van der Waals surface area contributed by atoms with E-state index in [1.807, 2.05) is 0 Å². The molecule has 0 fully saturated rings. The van der Waals surface area contributed by atoms with E-state index in [0.29, 0.717) is 0 Å². The molecule has 2 heterocycles. The minimum absolute atomic E-state index is 0.768. The Balaban J connectivity index is 1.04. The Hall–Kier alpha value is -7.12. The summed E-state index contributed by atoms with van der Waals surface area (Å²) in [5.74, 6) is 0. The molecule has 0 spiro atoms. The minimum Gasteiger partial charge on any atom is -0.309 e. The van der Waals surface area contributed by atoms with Crippen molar-refractivity contribution in [3.05, 3.63) is 255 Å². The molecule has 0 N–H and O–H groups in total. The van der Waals surface area contributed by atoms with E-state index in [0.717, 1.165) is 0 Å². The first-order valence-corrected chi connectivity index (χ1v) is 28.8. The summed E-state index contributed by atoms with van der Waals surface area (Å²) < 4.78 is 4.92. The molecule has 12 aromatic rings. The third-order valence-corrected chi connectivity index (χ3v) is 21.9. The van der Waals surface area contributed by atoms with Gasteiger partial charge in [-0.15, -0.1) is 0 Å². The molecule has 5 heteroatoms. The van der Waals surface area contributed by atoms with E-state index in [-0.39, 0.29) is 0 Å². The fraction of sp³-hybridized carbons (Fsp3) is 0.0323. The second-order valence-electron chi connectivity index (χ2n) is 17.8. The van der Waals surface area contributed by atoms with Crippen LogP contribution >= 0.6 is 15.8 Å². The molecule has 0 amide bonds. The van der Waals surface area contributed by atoms with Crippen LogP contribution in [0.3, 0.4) is 0 Å². The molecule has 0 bridgehead atoms. The molecule has 10 aromatic carbocycles. The number of benzene rings is 10. The maximum Gasteiger partial charge on any atom is 0.112 e. The van der Waals surface area contributed by atoms with E-state index in [1.54, 1.807) is 0 Å². The van der Waals surface area contributed by atoms with E-state index in [2.05, 4.69) is 277 Å². The average Bonchev–Trinajstić information content (AvgIpc) is 3.90. The molecular formula is C62H48N2P2Si. The van der Waals surface area contributed by atoms with E-state index < -0.39 is 23.9 Å². The van der Waals surface area contributed by atoms with Crippen LogP contribution in [0.2, 0.25) is 13.1 Å². The summed E-state index contributed by atoms with van der Waals surface area (Å²) in [7, 11) is -3.83.